The van der Waals surface area contributed by atoms with Gasteiger partial charge in [0, 0.05) is 30.3 Å². The lowest BCUT2D eigenvalue weighted by Crippen LogP contribution is -2.53. The summed E-state index contributed by atoms with van der Waals surface area (Å²) in [5.74, 6) is -1.72. The Labute approximate surface area is 197 Å². The van der Waals surface area contributed by atoms with E-state index >= 15 is 0 Å². The Balaban J connectivity index is 1.25. The van der Waals surface area contributed by atoms with Crippen LogP contribution < -0.4 is 5.32 Å². The number of carboxylic acids is 1. The van der Waals surface area contributed by atoms with Crippen molar-refractivity contribution in [3.05, 3.63) is 89.0 Å². The molecule has 1 fully saturated rings. The number of benzene rings is 3. The van der Waals surface area contributed by atoms with E-state index in [1.807, 2.05) is 31.2 Å². The van der Waals surface area contributed by atoms with E-state index in [1.54, 1.807) is 18.2 Å². The van der Waals surface area contributed by atoms with Gasteiger partial charge in [-0.15, -0.1) is 0 Å². The molecule has 34 heavy (non-hydrogen) atoms. The number of ether oxygens (including phenoxy) is 1. The number of likely N-dealkylation sites (tertiary alicyclic amines) is 1. The van der Waals surface area contributed by atoms with Gasteiger partial charge in [-0.05, 0) is 46.9 Å². The second-order valence-corrected chi connectivity index (χ2v) is 8.73. The van der Waals surface area contributed by atoms with Crippen molar-refractivity contribution in [2.45, 2.75) is 12.8 Å². The number of hydrogen-bond donors (Lipinski definition) is 2. The number of carbonyl (C=O) groups is 3. The van der Waals surface area contributed by atoms with Crippen molar-refractivity contribution in [2.75, 3.05) is 25.0 Å². The number of fused-ring (bicyclic) bond motifs is 3. The third-order valence-electron chi connectivity index (χ3n) is 6.58. The molecule has 2 amide bonds. The third-order valence-corrected chi connectivity index (χ3v) is 6.58. The summed E-state index contributed by atoms with van der Waals surface area (Å²) in [4.78, 5) is 37.8. The quantitative estimate of drug-likeness (QED) is 0.589. The SMILES string of the molecule is Cc1ccc(C(=O)N2CC(C(=O)O)C2)cc1NC(=O)OCC1c2ccccc2-c2ccccc21. The van der Waals surface area contributed by atoms with Gasteiger partial charge < -0.3 is 14.7 Å². The molecule has 7 nitrogen and oxygen atoms in total. The normalized spacial score (nSPS) is 14.7. The van der Waals surface area contributed by atoms with Crippen LogP contribution in [-0.2, 0) is 9.53 Å². The highest BCUT2D eigenvalue weighted by atomic mass is 16.5. The van der Waals surface area contributed by atoms with Gasteiger partial charge in [0.15, 0.2) is 0 Å². The first-order chi connectivity index (χ1) is 16.4. The predicted octanol–water partition coefficient (Wildman–Crippen LogP) is 4.51. The molecule has 7 heteroatoms. The van der Waals surface area contributed by atoms with Crippen molar-refractivity contribution in [1.29, 1.82) is 0 Å². The van der Waals surface area contributed by atoms with Gasteiger partial charge in [0.05, 0.1) is 5.92 Å². The van der Waals surface area contributed by atoms with Crippen LogP contribution in [0.1, 0.15) is 33.0 Å². The predicted molar refractivity (Wildman–Crippen MR) is 127 cm³/mol. The van der Waals surface area contributed by atoms with Crippen LogP contribution in [0, 0.1) is 12.8 Å². The minimum absolute atomic E-state index is 0.0410. The van der Waals surface area contributed by atoms with Gasteiger partial charge in [-0.1, -0.05) is 54.6 Å². The lowest BCUT2D eigenvalue weighted by atomic mass is 9.98. The average Bonchev–Trinajstić information content (AvgIpc) is 3.11. The number of anilines is 1. The Hall–Kier alpha value is -4.13. The van der Waals surface area contributed by atoms with Crippen LogP contribution in [0.3, 0.4) is 0 Å². The highest BCUT2D eigenvalue weighted by Gasteiger charge is 2.36. The molecule has 0 atom stereocenters. The molecule has 0 radical (unpaired) electrons. The highest BCUT2D eigenvalue weighted by Crippen LogP contribution is 2.44. The monoisotopic (exact) mass is 456 g/mol. The van der Waals surface area contributed by atoms with Crippen molar-refractivity contribution in [2.24, 2.45) is 5.92 Å². The molecule has 3 aromatic carbocycles. The average molecular weight is 456 g/mol. The van der Waals surface area contributed by atoms with Crippen molar-refractivity contribution >= 4 is 23.7 Å². The van der Waals surface area contributed by atoms with Crippen molar-refractivity contribution in [3.63, 3.8) is 0 Å². The van der Waals surface area contributed by atoms with Gasteiger partial charge in [-0.2, -0.15) is 0 Å². The summed E-state index contributed by atoms with van der Waals surface area (Å²) in [6.07, 6.45) is -0.593. The van der Waals surface area contributed by atoms with Crippen LogP contribution >= 0.6 is 0 Å². The maximum absolute atomic E-state index is 12.7. The number of amides is 2. The topological polar surface area (TPSA) is 95.9 Å². The molecular formula is C27H24N2O5. The van der Waals surface area contributed by atoms with Crippen LogP contribution in [0.25, 0.3) is 11.1 Å². The smallest absolute Gasteiger partial charge is 0.411 e. The molecule has 0 bridgehead atoms. The van der Waals surface area contributed by atoms with E-state index in [2.05, 4.69) is 29.6 Å². The fourth-order valence-corrected chi connectivity index (χ4v) is 4.62. The third kappa shape index (κ3) is 3.90. The first kappa shape index (κ1) is 21.7. The summed E-state index contributed by atoms with van der Waals surface area (Å²) in [7, 11) is 0. The molecule has 1 aliphatic heterocycles. The zero-order valence-electron chi connectivity index (χ0n) is 18.7. The standard InChI is InChI=1S/C27H24N2O5/c1-16-10-11-17(25(30)29-13-18(14-29)26(31)32)12-24(16)28-27(33)34-15-23-21-8-4-2-6-19(21)20-7-3-5-9-22(20)23/h2-12,18,23H,13-15H2,1H3,(H,28,33)(H,31,32). The highest BCUT2D eigenvalue weighted by molar-refractivity contribution is 5.98. The van der Waals surface area contributed by atoms with E-state index < -0.39 is 18.0 Å². The molecule has 1 heterocycles. The van der Waals surface area contributed by atoms with Crippen molar-refractivity contribution in [1.82, 2.24) is 4.90 Å². The second-order valence-electron chi connectivity index (χ2n) is 8.73. The number of rotatable bonds is 5. The Morgan fingerprint density at radius 2 is 1.59 bits per heavy atom. The minimum Gasteiger partial charge on any atom is -0.481 e. The molecule has 0 aromatic heterocycles. The Morgan fingerprint density at radius 3 is 2.21 bits per heavy atom. The number of nitrogens with zero attached hydrogens (tertiary/aromatic N) is 1. The fraction of sp³-hybridized carbons (Fsp3) is 0.222. The number of nitrogens with one attached hydrogen (secondary N) is 1. The van der Waals surface area contributed by atoms with Crippen LogP contribution in [0.4, 0.5) is 10.5 Å². The molecule has 5 rings (SSSR count). The first-order valence-electron chi connectivity index (χ1n) is 11.2. The molecule has 0 unspecified atom stereocenters. The Morgan fingerprint density at radius 1 is 0.971 bits per heavy atom. The minimum atomic E-state index is -0.898. The molecule has 2 aliphatic rings. The van der Waals surface area contributed by atoms with Crippen LogP contribution in [0.2, 0.25) is 0 Å². The molecule has 0 saturated carbocycles. The maximum Gasteiger partial charge on any atom is 0.411 e. The van der Waals surface area contributed by atoms with Gasteiger partial charge >= 0.3 is 12.1 Å². The van der Waals surface area contributed by atoms with Crippen LogP contribution in [-0.4, -0.2) is 47.7 Å². The number of aryl methyl sites for hydroxylation is 1. The second kappa shape index (κ2) is 8.67. The fourth-order valence-electron chi connectivity index (χ4n) is 4.62. The number of aliphatic carboxylic acids is 1. The van der Waals surface area contributed by atoms with E-state index in [0.717, 1.165) is 27.8 Å². The molecular weight excluding hydrogens is 432 g/mol. The summed E-state index contributed by atoms with van der Waals surface area (Å²) in [5.41, 5.74) is 6.25. The summed E-state index contributed by atoms with van der Waals surface area (Å²) < 4.78 is 5.61. The first-order valence-corrected chi connectivity index (χ1v) is 11.2. The van der Waals surface area contributed by atoms with Gasteiger partial charge in [-0.25, -0.2) is 4.79 Å². The van der Waals surface area contributed by atoms with Gasteiger partial charge in [0.1, 0.15) is 6.61 Å². The molecule has 1 saturated heterocycles. The maximum atomic E-state index is 12.7. The van der Waals surface area contributed by atoms with E-state index in [4.69, 9.17) is 9.84 Å². The lowest BCUT2D eigenvalue weighted by molar-refractivity contribution is -0.146. The molecule has 0 spiro atoms. The number of carboxylic acid groups (broad SMARTS) is 1. The number of carbonyl (C=O) groups excluding carboxylic acids is 2. The van der Waals surface area contributed by atoms with E-state index in [1.165, 1.54) is 4.90 Å². The van der Waals surface area contributed by atoms with E-state index in [9.17, 15) is 14.4 Å². The van der Waals surface area contributed by atoms with Crippen molar-refractivity contribution < 1.29 is 24.2 Å². The molecule has 2 N–H and O–H groups in total. The number of hydrogen-bond acceptors (Lipinski definition) is 4. The summed E-state index contributed by atoms with van der Waals surface area (Å²) in [6, 6.07) is 21.3. The summed E-state index contributed by atoms with van der Waals surface area (Å²) in [6.45, 7) is 2.41. The summed E-state index contributed by atoms with van der Waals surface area (Å²) in [5, 5.41) is 11.8. The van der Waals surface area contributed by atoms with Crippen LogP contribution in [0.15, 0.2) is 66.7 Å². The zero-order chi connectivity index (χ0) is 23.8. The van der Waals surface area contributed by atoms with Crippen LogP contribution in [0.5, 0.6) is 0 Å². The zero-order valence-corrected chi connectivity index (χ0v) is 18.7. The van der Waals surface area contributed by atoms with Crippen molar-refractivity contribution in [3.8, 4) is 11.1 Å². The van der Waals surface area contributed by atoms with Gasteiger partial charge in [0.25, 0.3) is 5.91 Å². The lowest BCUT2D eigenvalue weighted by Gasteiger charge is -2.36. The molecule has 1 aliphatic carbocycles. The van der Waals surface area contributed by atoms with Gasteiger partial charge in [-0.3, -0.25) is 14.9 Å². The van der Waals surface area contributed by atoms with Gasteiger partial charge in [0.2, 0.25) is 0 Å². The largest absolute Gasteiger partial charge is 0.481 e. The van der Waals surface area contributed by atoms with E-state index in [0.29, 0.717) is 11.3 Å². The molecule has 3 aromatic rings. The Kier molecular flexibility index (Phi) is 5.53. The molecule has 172 valence electrons. The van der Waals surface area contributed by atoms with E-state index in [-0.39, 0.29) is 31.5 Å². The Bertz CT molecular complexity index is 1250. The summed E-state index contributed by atoms with van der Waals surface area (Å²) >= 11 is 0.